The van der Waals surface area contributed by atoms with Crippen LogP contribution in [0.3, 0.4) is 0 Å². The van der Waals surface area contributed by atoms with Crippen LogP contribution in [0.1, 0.15) is 31.7 Å². The molecule has 5 aromatic rings. The van der Waals surface area contributed by atoms with Crippen molar-refractivity contribution in [2.24, 2.45) is 0 Å². The number of fused-ring (bicyclic) bond motifs is 2. The maximum atomic E-state index is 13.6. The molecule has 0 bridgehead atoms. The van der Waals surface area contributed by atoms with Gasteiger partial charge in [0.2, 0.25) is 0 Å². The zero-order valence-electron chi connectivity index (χ0n) is 19.2. The molecule has 0 saturated carbocycles. The summed E-state index contributed by atoms with van der Waals surface area (Å²) in [6, 6.07) is 20.0. The second kappa shape index (κ2) is 9.64. The summed E-state index contributed by atoms with van der Waals surface area (Å²) in [5.41, 5.74) is 2.48. The molecular weight excluding hydrogens is 482 g/mol. The summed E-state index contributed by atoms with van der Waals surface area (Å²) in [7, 11) is 0. The minimum absolute atomic E-state index is 0.139. The van der Waals surface area contributed by atoms with Gasteiger partial charge in [-0.15, -0.1) is 5.10 Å². The lowest BCUT2D eigenvalue weighted by atomic mass is 9.98. The van der Waals surface area contributed by atoms with Crippen LogP contribution in [0.15, 0.2) is 81.5 Å². The molecule has 35 heavy (non-hydrogen) atoms. The molecule has 2 aromatic heterocycles. The highest BCUT2D eigenvalue weighted by Gasteiger charge is 2.16. The minimum Gasteiger partial charge on any atom is -0.268 e. The Kier molecular flexibility index (Phi) is 6.40. The average Bonchev–Trinajstić information content (AvgIpc) is 2.88. The Balaban J connectivity index is 1.60. The molecule has 0 saturated heterocycles. The van der Waals surface area contributed by atoms with Crippen LogP contribution in [0.4, 0.5) is 0 Å². The number of halogens is 1. The Bertz CT molecular complexity index is 1660. The third kappa shape index (κ3) is 4.47. The van der Waals surface area contributed by atoms with Crippen LogP contribution in [-0.2, 0) is 5.88 Å². The fraction of sp³-hybridized carbons (Fsp3) is 0.192. The van der Waals surface area contributed by atoms with Gasteiger partial charge in [0.25, 0.3) is 11.1 Å². The second-order valence-electron chi connectivity index (χ2n) is 8.28. The van der Waals surface area contributed by atoms with E-state index in [9.17, 15) is 9.59 Å². The molecule has 1 atom stereocenters. The third-order valence-corrected chi connectivity index (χ3v) is 7.22. The zero-order chi connectivity index (χ0) is 24.5. The van der Waals surface area contributed by atoms with Crippen molar-refractivity contribution in [2.45, 2.75) is 37.2 Å². The summed E-state index contributed by atoms with van der Waals surface area (Å²) in [5.74, 6) is 0.560. The lowest BCUT2D eigenvalue weighted by Crippen LogP contribution is -2.25. The average molecular weight is 504 g/mol. The van der Waals surface area contributed by atoms with E-state index in [0.29, 0.717) is 43.6 Å². The van der Waals surface area contributed by atoms with E-state index in [2.05, 4.69) is 24.2 Å². The van der Waals surface area contributed by atoms with Gasteiger partial charge in [0.1, 0.15) is 5.52 Å². The molecule has 0 aliphatic carbocycles. The number of aromatic nitrogens is 5. The van der Waals surface area contributed by atoms with E-state index in [1.165, 1.54) is 22.0 Å². The molecule has 5 rings (SSSR count). The Morgan fingerprint density at radius 1 is 0.943 bits per heavy atom. The van der Waals surface area contributed by atoms with Gasteiger partial charge >= 0.3 is 0 Å². The Hall–Kier alpha value is -3.49. The first kappa shape index (κ1) is 23.3. The lowest BCUT2D eigenvalue weighted by Gasteiger charge is -2.15. The smallest absolute Gasteiger partial charge is 0.268 e. The van der Waals surface area contributed by atoms with E-state index in [-0.39, 0.29) is 17.0 Å². The van der Waals surface area contributed by atoms with Gasteiger partial charge in [0, 0.05) is 5.02 Å². The zero-order valence-corrected chi connectivity index (χ0v) is 20.8. The van der Waals surface area contributed by atoms with Crippen LogP contribution in [-0.4, -0.2) is 24.5 Å². The van der Waals surface area contributed by atoms with Crippen molar-refractivity contribution in [3.8, 4) is 5.69 Å². The summed E-state index contributed by atoms with van der Waals surface area (Å²) in [6.45, 7) is 4.32. The van der Waals surface area contributed by atoms with Crippen LogP contribution in [0.2, 0.25) is 5.02 Å². The molecule has 0 fully saturated rings. The van der Waals surface area contributed by atoms with Crippen LogP contribution < -0.4 is 11.1 Å². The molecule has 0 radical (unpaired) electrons. The van der Waals surface area contributed by atoms with Crippen LogP contribution in [0.5, 0.6) is 0 Å². The maximum absolute atomic E-state index is 13.6. The SMILES string of the molecule is CC[C@H](C)c1ccc(-n2c(SCn3nnc4ccccc4c3=O)nc3cc(Cl)ccc3c2=O)cc1. The number of benzene rings is 3. The standard InChI is InChI=1S/C26H22ClN5O2S/c1-3-16(2)17-8-11-19(12-9-17)32-25(34)21-13-10-18(27)14-23(21)28-26(32)35-15-31-24(33)20-6-4-5-7-22(20)29-30-31/h4-14,16H,3,15H2,1-2H3/t16-/m0/s1. The lowest BCUT2D eigenvalue weighted by molar-refractivity contribution is 0.642. The normalized spacial score (nSPS) is 12.3. The quantitative estimate of drug-likeness (QED) is 0.228. The molecule has 0 spiro atoms. The predicted molar refractivity (Wildman–Crippen MR) is 141 cm³/mol. The van der Waals surface area contributed by atoms with E-state index < -0.39 is 0 Å². The largest absolute Gasteiger partial charge is 0.278 e. The van der Waals surface area contributed by atoms with Crippen LogP contribution in [0, 0.1) is 0 Å². The molecule has 176 valence electrons. The fourth-order valence-corrected chi connectivity index (χ4v) is 4.93. The van der Waals surface area contributed by atoms with Gasteiger partial charge in [-0.25, -0.2) is 4.98 Å². The van der Waals surface area contributed by atoms with E-state index in [0.717, 1.165) is 6.42 Å². The van der Waals surface area contributed by atoms with Crippen molar-refractivity contribution in [3.05, 3.63) is 98.0 Å². The van der Waals surface area contributed by atoms with Crippen molar-refractivity contribution in [1.82, 2.24) is 24.5 Å². The number of nitrogens with zero attached hydrogens (tertiary/aromatic N) is 5. The fourth-order valence-electron chi connectivity index (χ4n) is 3.88. The van der Waals surface area contributed by atoms with E-state index in [4.69, 9.17) is 16.6 Å². The first-order valence-electron chi connectivity index (χ1n) is 11.2. The van der Waals surface area contributed by atoms with Crippen LogP contribution in [0.25, 0.3) is 27.5 Å². The molecule has 9 heteroatoms. The highest BCUT2D eigenvalue weighted by molar-refractivity contribution is 7.98. The van der Waals surface area contributed by atoms with E-state index in [1.54, 1.807) is 41.0 Å². The van der Waals surface area contributed by atoms with Gasteiger partial charge in [0.15, 0.2) is 5.16 Å². The van der Waals surface area contributed by atoms with Gasteiger partial charge in [-0.2, -0.15) is 4.68 Å². The van der Waals surface area contributed by atoms with Gasteiger partial charge in [-0.05, 0) is 60.4 Å². The van der Waals surface area contributed by atoms with Gasteiger partial charge in [0.05, 0.1) is 27.9 Å². The molecule has 0 amide bonds. The first-order valence-corrected chi connectivity index (χ1v) is 12.6. The molecule has 0 aliphatic rings. The van der Waals surface area contributed by atoms with E-state index in [1.807, 2.05) is 30.3 Å². The van der Waals surface area contributed by atoms with Gasteiger partial charge < -0.3 is 0 Å². The molecular formula is C26H22ClN5O2S. The topological polar surface area (TPSA) is 82.7 Å². The third-order valence-electron chi connectivity index (χ3n) is 6.08. The number of rotatable bonds is 6. The minimum atomic E-state index is -0.251. The summed E-state index contributed by atoms with van der Waals surface area (Å²) < 4.78 is 2.85. The number of hydrogen-bond acceptors (Lipinski definition) is 6. The van der Waals surface area contributed by atoms with Crippen LogP contribution >= 0.6 is 23.4 Å². The molecule has 2 heterocycles. The summed E-state index contributed by atoms with van der Waals surface area (Å²) in [6.07, 6.45) is 1.03. The van der Waals surface area contributed by atoms with Crippen molar-refractivity contribution in [2.75, 3.05) is 0 Å². The second-order valence-corrected chi connectivity index (χ2v) is 9.63. The maximum Gasteiger partial charge on any atom is 0.278 e. The number of thioether (sulfide) groups is 1. The Morgan fingerprint density at radius 2 is 1.69 bits per heavy atom. The predicted octanol–water partition coefficient (Wildman–Crippen LogP) is 5.41. The van der Waals surface area contributed by atoms with Gasteiger partial charge in [-0.1, -0.05) is 66.7 Å². The van der Waals surface area contributed by atoms with E-state index >= 15 is 0 Å². The molecule has 7 nitrogen and oxygen atoms in total. The first-order chi connectivity index (χ1) is 17.0. The van der Waals surface area contributed by atoms with Crippen molar-refractivity contribution >= 4 is 45.2 Å². The molecule has 0 unspecified atom stereocenters. The summed E-state index contributed by atoms with van der Waals surface area (Å²) in [5, 5.41) is 10.1. The summed E-state index contributed by atoms with van der Waals surface area (Å²) in [4.78, 5) is 31.2. The highest BCUT2D eigenvalue weighted by Crippen LogP contribution is 2.25. The molecule has 0 N–H and O–H groups in total. The highest BCUT2D eigenvalue weighted by atomic mass is 35.5. The van der Waals surface area contributed by atoms with Gasteiger partial charge in [-0.3, -0.25) is 14.2 Å². The van der Waals surface area contributed by atoms with Crippen molar-refractivity contribution in [1.29, 1.82) is 0 Å². The Morgan fingerprint density at radius 3 is 2.46 bits per heavy atom. The molecule has 3 aromatic carbocycles. The van der Waals surface area contributed by atoms with Crippen molar-refractivity contribution in [3.63, 3.8) is 0 Å². The Labute approximate surface area is 210 Å². The molecule has 0 aliphatic heterocycles. The number of hydrogen-bond donors (Lipinski definition) is 0. The summed E-state index contributed by atoms with van der Waals surface area (Å²) >= 11 is 7.41. The van der Waals surface area contributed by atoms with Crippen molar-refractivity contribution < 1.29 is 0 Å². The monoisotopic (exact) mass is 503 g/mol.